The number of pyridine rings is 1. The van der Waals surface area contributed by atoms with Crippen LogP contribution in [0.15, 0.2) is 18.3 Å². The molecule has 17 heavy (non-hydrogen) atoms. The Labute approximate surface area is 98.3 Å². The maximum atomic E-state index is 11.0. The summed E-state index contributed by atoms with van der Waals surface area (Å²) >= 11 is 0. The zero-order valence-corrected chi connectivity index (χ0v) is 9.64. The lowest BCUT2D eigenvalue weighted by molar-refractivity contribution is 0.0995. The molecule has 0 bridgehead atoms. The number of carbonyl (C=O) groups excluding carboxylic acids is 1. The van der Waals surface area contributed by atoms with Crippen molar-refractivity contribution >= 4 is 11.6 Å². The Kier molecular flexibility index (Phi) is 2.55. The fourth-order valence-corrected chi connectivity index (χ4v) is 1.59. The minimum Gasteiger partial charge on any atom is -0.396 e. The van der Waals surface area contributed by atoms with Gasteiger partial charge >= 0.3 is 0 Å². The van der Waals surface area contributed by atoms with E-state index in [9.17, 15) is 4.79 Å². The number of hydrogen-bond donors (Lipinski definition) is 2. The summed E-state index contributed by atoms with van der Waals surface area (Å²) in [4.78, 5) is 14.9. The molecule has 0 aliphatic heterocycles. The molecule has 0 radical (unpaired) electrons. The van der Waals surface area contributed by atoms with Crippen molar-refractivity contribution in [1.29, 1.82) is 0 Å². The first-order valence-electron chi connectivity index (χ1n) is 5.08. The molecule has 6 nitrogen and oxygen atoms in total. The zero-order chi connectivity index (χ0) is 12.6. The van der Waals surface area contributed by atoms with Gasteiger partial charge in [0.15, 0.2) is 0 Å². The molecule has 0 atom stereocenters. The van der Waals surface area contributed by atoms with Crippen molar-refractivity contribution in [3.63, 3.8) is 0 Å². The smallest absolute Gasteiger partial charge is 0.267 e. The predicted octanol–water partition coefficient (Wildman–Crippen LogP) is 0.565. The molecular formula is C11H13N5O. The number of rotatable bonds is 2. The van der Waals surface area contributed by atoms with Crippen molar-refractivity contribution in [1.82, 2.24) is 14.8 Å². The van der Waals surface area contributed by atoms with Crippen LogP contribution < -0.4 is 11.5 Å². The molecule has 6 heteroatoms. The van der Waals surface area contributed by atoms with Crippen molar-refractivity contribution in [2.24, 2.45) is 5.73 Å². The van der Waals surface area contributed by atoms with E-state index in [0.29, 0.717) is 11.4 Å². The van der Waals surface area contributed by atoms with E-state index in [-0.39, 0.29) is 5.69 Å². The SMILES string of the molecule is Cc1nn(-c2ccnc(C(N)=O)c2)c(C)c1N. The van der Waals surface area contributed by atoms with Crippen LogP contribution in [0.1, 0.15) is 21.9 Å². The minimum atomic E-state index is -0.568. The molecule has 2 aromatic rings. The zero-order valence-electron chi connectivity index (χ0n) is 9.64. The third-order valence-electron chi connectivity index (χ3n) is 2.59. The van der Waals surface area contributed by atoms with E-state index in [0.717, 1.165) is 11.4 Å². The Morgan fingerprint density at radius 2 is 2.12 bits per heavy atom. The van der Waals surface area contributed by atoms with Gasteiger partial charge < -0.3 is 11.5 Å². The quantitative estimate of drug-likeness (QED) is 0.788. The van der Waals surface area contributed by atoms with Crippen molar-refractivity contribution in [3.05, 3.63) is 35.4 Å². The van der Waals surface area contributed by atoms with Crippen molar-refractivity contribution < 1.29 is 4.79 Å². The third-order valence-corrected chi connectivity index (χ3v) is 2.59. The molecule has 0 aliphatic rings. The second-order valence-corrected chi connectivity index (χ2v) is 3.76. The van der Waals surface area contributed by atoms with Gasteiger partial charge in [0.05, 0.1) is 22.8 Å². The van der Waals surface area contributed by atoms with Crippen molar-refractivity contribution in [3.8, 4) is 5.69 Å². The van der Waals surface area contributed by atoms with Crippen molar-refractivity contribution in [2.75, 3.05) is 5.73 Å². The predicted molar refractivity (Wildman–Crippen MR) is 63.8 cm³/mol. The number of hydrogen-bond acceptors (Lipinski definition) is 4. The number of nitrogens with two attached hydrogens (primary N) is 2. The summed E-state index contributed by atoms with van der Waals surface area (Å²) in [5.74, 6) is -0.568. The van der Waals surface area contributed by atoms with E-state index in [4.69, 9.17) is 11.5 Å². The molecule has 0 aromatic carbocycles. The van der Waals surface area contributed by atoms with Gasteiger partial charge in [-0.15, -0.1) is 0 Å². The number of anilines is 1. The molecule has 0 fully saturated rings. The van der Waals surface area contributed by atoms with Gasteiger partial charge in [0.1, 0.15) is 5.69 Å². The molecule has 0 saturated carbocycles. The van der Waals surface area contributed by atoms with Crippen LogP contribution in [-0.4, -0.2) is 20.7 Å². The summed E-state index contributed by atoms with van der Waals surface area (Å²) < 4.78 is 1.67. The molecule has 1 amide bonds. The van der Waals surface area contributed by atoms with E-state index >= 15 is 0 Å². The number of nitrogens with zero attached hydrogens (tertiary/aromatic N) is 3. The first-order valence-corrected chi connectivity index (χ1v) is 5.08. The maximum Gasteiger partial charge on any atom is 0.267 e. The molecule has 0 aliphatic carbocycles. The van der Waals surface area contributed by atoms with Gasteiger partial charge in [0.25, 0.3) is 5.91 Å². The van der Waals surface area contributed by atoms with Crippen molar-refractivity contribution in [2.45, 2.75) is 13.8 Å². The standard InChI is InChI=1S/C11H13N5O/c1-6-10(12)7(2)16(15-6)8-3-4-14-9(5-8)11(13)17/h3-5H,12H2,1-2H3,(H2,13,17). The molecule has 88 valence electrons. The van der Waals surface area contributed by atoms with Crippen LogP contribution in [0.4, 0.5) is 5.69 Å². The summed E-state index contributed by atoms with van der Waals surface area (Å²) in [6.07, 6.45) is 1.52. The Balaban J connectivity index is 2.56. The lowest BCUT2D eigenvalue weighted by Gasteiger charge is -2.05. The van der Waals surface area contributed by atoms with Gasteiger partial charge in [0.2, 0.25) is 0 Å². The fourth-order valence-electron chi connectivity index (χ4n) is 1.59. The lowest BCUT2D eigenvalue weighted by Crippen LogP contribution is -2.13. The number of amides is 1. The summed E-state index contributed by atoms with van der Waals surface area (Å²) in [7, 11) is 0. The first kappa shape index (κ1) is 11.1. The third kappa shape index (κ3) is 1.84. The topological polar surface area (TPSA) is 99.8 Å². The highest BCUT2D eigenvalue weighted by Gasteiger charge is 2.11. The second-order valence-electron chi connectivity index (χ2n) is 3.76. The highest BCUT2D eigenvalue weighted by Crippen LogP contribution is 2.19. The monoisotopic (exact) mass is 231 g/mol. The second kappa shape index (κ2) is 3.89. The van der Waals surface area contributed by atoms with Gasteiger partial charge in [-0.1, -0.05) is 0 Å². The normalized spacial score (nSPS) is 10.5. The molecule has 0 spiro atoms. The number of carbonyl (C=O) groups is 1. The molecule has 2 heterocycles. The number of aromatic nitrogens is 3. The number of aryl methyl sites for hydroxylation is 1. The maximum absolute atomic E-state index is 11.0. The average Bonchev–Trinajstić information content (AvgIpc) is 2.57. The van der Waals surface area contributed by atoms with Gasteiger partial charge in [-0.3, -0.25) is 9.78 Å². The Bertz CT molecular complexity index is 588. The van der Waals surface area contributed by atoms with Gasteiger partial charge in [-0.2, -0.15) is 5.10 Å². The summed E-state index contributed by atoms with van der Waals surface area (Å²) in [6.45, 7) is 3.69. The highest BCUT2D eigenvalue weighted by molar-refractivity contribution is 5.91. The van der Waals surface area contributed by atoms with Gasteiger partial charge in [0, 0.05) is 6.20 Å². The molecule has 2 aromatic heterocycles. The van der Waals surface area contributed by atoms with E-state index in [1.165, 1.54) is 6.20 Å². The largest absolute Gasteiger partial charge is 0.396 e. The molecule has 0 saturated heterocycles. The Morgan fingerprint density at radius 3 is 2.65 bits per heavy atom. The average molecular weight is 231 g/mol. The first-order chi connectivity index (χ1) is 8.00. The minimum absolute atomic E-state index is 0.202. The molecule has 2 rings (SSSR count). The Hall–Kier alpha value is -2.37. The van der Waals surface area contributed by atoms with E-state index < -0.39 is 5.91 Å². The summed E-state index contributed by atoms with van der Waals surface area (Å²) in [5, 5.41) is 4.29. The van der Waals surface area contributed by atoms with Crippen LogP contribution >= 0.6 is 0 Å². The van der Waals surface area contributed by atoms with Crippen LogP contribution in [-0.2, 0) is 0 Å². The van der Waals surface area contributed by atoms with Gasteiger partial charge in [-0.05, 0) is 26.0 Å². The van der Waals surface area contributed by atoms with Gasteiger partial charge in [-0.25, -0.2) is 4.68 Å². The summed E-state index contributed by atoms with van der Waals surface area (Å²) in [5.41, 5.74) is 14.2. The van der Waals surface area contributed by atoms with Crippen LogP contribution in [0.2, 0.25) is 0 Å². The van der Waals surface area contributed by atoms with E-state index in [1.807, 2.05) is 13.8 Å². The molecule has 4 N–H and O–H groups in total. The van der Waals surface area contributed by atoms with E-state index in [2.05, 4.69) is 10.1 Å². The number of primary amides is 1. The Morgan fingerprint density at radius 1 is 1.41 bits per heavy atom. The van der Waals surface area contributed by atoms with Crippen LogP contribution in [0.3, 0.4) is 0 Å². The molecule has 0 unspecified atom stereocenters. The van der Waals surface area contributed by atoms with Crippen LogP contribution in [0.5, 0.6) is 0 Å². The number of nitrogen functional groups attached to an aromatic ring is 1. The highest BCUT2D eigenvalue weighted by atomic mass is 16.1. The lowest BCUT2D eigenvalue weighted by atomic mass is 10.3. The molecular weight excluding hydrogens is 218 g/mol. The summed E-state index contributed by atoms with van der Waals surface area (Å²) in [6, 6.07) is 3.33. The van der Waals surface area contributed by atoms with E-state index in [1.54, 1.807) is 16.8 Å². The van der Waals surface area contributed by atoms with Crippen LogP contribution in [0, 0.1) is 13.8 Å². The fraction of sp³-hybridized carbons (Fsp3) is 0.182. The van der Waals surface area contributed by atoms with Crippen LogP contribution in [0.25, 0.3) is 5.69 Å².